The van der Waals surface area contributed by atoms with Crippen LogP contribution in [0.15, 0.2) is 62.9 Å². The van der Waals surface area contributed by atoms with E-state index in [0.29, 0.717) is 16.7 Å². The van der Waals surface area contributed by atoms with E-state index in [1.54, 1.807) is 19.2 Å². The van der Waals surface area contributed by atoms with Gasteiger partial charge in [-0.15, -0.1) is 0 Å². The lowest BCUT2D eigenvalue weighted by Gasteiger charge is -2.21. The molecule has 0 atom stereocenters. The number of aryl methyl sites for hydroxylation is 2. The van der Waals surface area contributed by atoms with E-state index in [4.69, 9.17) is 0 Å². The molecule has 4 rings (SSSR count). The number of benzene rings is 2. The van der Waals surface area contributed by atoms with Gasteiger partial charge >= 0.3 is 0 Å². The summed E-state index contributed by atoms with van der Waals surface area (Å²) in [4.78, 5) is 19.9. The van der Waals surface area contributed by atoms with Gasteiger partial charge < -0.3 is 9.47 Å². The van der Waals surface area contributed by atoms with E-state index in [0.717, 1.165) is 40.2 Å². The predicted molar refractivity (Wildman–Crippen MR) is 140 cm³/mol. The van der Waals surface area contributed by atoms with Gasteiger partial charge in [0.2, 0.25) is 0 Å². The van der Waals surface area contributed by atoms with Crippen LogP contribution in [-0.4, -0.2) is 33.5 Å². The van der Waals surface area contributed by atoms with Crippen LogP contribution >= 0.6 is 15.9 Å². The second-order valence-electron chi connectivity index (χ2n) is 8.03. The Balaban J connectivity index is 1.70. The Morgan fingerprint density at radius 1 is 1.03 bits per heavy atom. The van der Waals surface area contributed by atoms with Gasteiger partial charge in [0.15, 0.2) is 0 Å². The normalized spacial score (nSPS) is 11.6. The molecular weight excluding hydrogens is 478 g/mol. The highest BCUT2D eigenvalue weighted by molar-refractivity contribution is 9.10. The van der Waals surface area contributed by atoms with Crippen molar-refractivity contribution in [3.63, 3.8) is 0 Å². The summed E-state index contributed by atoms with van der Waals surface area (Å²) in [5, 5.41) is 5.04. The molecular formula is C26H28BrN5O. The van der Waals surface area contributed by atoms with E-state index in [-0.39, 0.29) is 5.56 Å². The molecule has 0 aliphatic rings. The van der Waals surface area contributed by atoms with Crippen molar-refractivity contribution in [3.05, 3.63) is 86.1 Å². The van der Waals surface area contributed by atoms with Crippen LogP contribution in [0.5, 0.6) is 0 Å². The molecule has 0 radical (unpaired) electrons. The van der Waals surface area contributed by atoms with Crippen LogP contribution in [0, 0.1) is 20.8 Å². The van der Waals surface area contributed by atoms with Gasteiger partial charge in [-0.1, -0.05) is 15.9 Å². The third-order valence-electron chi connectivity index (χ3n) is 5.99. The Kier molecular flexibility index (Phi) is 6.51. The van der Waals surface area contributed by atoms with Gasteiger partial charge in [-0.25, -0.2) is 4.98 Å². The molecule has 170 valence electrons. The summed E-state index contributed by atoms with van der Waals surface area (Å²) < 4.78 is 4.40. The molecule has 2 aromatic heterocycles. The molecule has 6 nitrogen and oxygen atoms in total. The number of nitrogens with zero attached hydrogens (tertiary/aromatic N) is 5. The zero-order valence-corrected chi connectivity index (χ0v) is 21.2. The summed E-state index contributed by atoms with van der Waals surface area (Å²) in [6.45, 7) is 12.2. The summed E-state index contributed by atoms with van der Waals surface area (Å²) in [6.07, 6.45) is 1.74. The lowest BCUT2D eigenvalue weighted by molar-refractivity contribution is 0.770. The molecule has 0 spiro atoms. The van der Waals surface area contributed by atoms with Gasteiger partial charge in [0, 0.05) is 45.9 Å². The molecule has 0 fully saturated rings. The van der Waals surface area contributed by atoms with Crippen molar-refractivity contribution in [2.75, 3.05) is 18.0 Å². The molecule has 2 heterocycles. The number of rotatable bonds is 6. The standard InChI is InChI=1S/C26H28BrN5O/c1-6-30(7-2)22-9-11-23(12-10-22)31-17(3)14-20(18(31)4)16-28-32-19(5)29-25-13-8-21(27)15-24(25)26(32)33/h8-16H,6-7H2,1-5H3. The second kappa shape index (κ2) is 9.35. The average molecular weight is 506 g/mol. The smallest absolute Gasteiger partial charge is 0.282 e. The minimum atomic E-state index is -0.184. The van der Waals surface area contributed by atoms with Gasteiger partial charge in [-0.2, -0.15) is 9.78 Å². The van der Waals surface area contributed by atoms with E-state index < -0.39 is 0 Å². The summed E-state index contributed by atoms with van der Waals surface area (Å²) >= 11 is 3.43. The molecule has 33 heavy (non-hydrogen) atoms. The topological polar surface area (TPSA) is 55.4 Å². The average Bonchev–Trinajstić information content (AvgIpc) is 3.08. The maximum absolute atomic E-state index is 13.0. The Morgan fingerprint density at radius 3 is 2.39 bits per heavy atom. The fourth-order valence-corrected chi connectivity index (χ4v) is 4.59. The molecule has 0 aliphatic carbocycles. The summed E-state index contributed by atoms with van der Waals surface area (Å²) in [7, 11) is 0. The van der Waals surface area contributed by atoms with Crippen molar-refractivity contribution < 1.29 is 0 Å². The highest BCUT2D eigenvalue weighted by atomic mass is 79.9. The van der Waals surface area contributed by atoms with Gasteiger partial charge in [0.25, 0.3) is 5.56 Å². The van der Waals surface area contributed by atoms with E-state index in [1.807, 2.05) is 12.1 Å². The largest absolute Gasteiger partial charge is 0.372 e. The van der Waals surface area contributed by atoms with Crippen LogP contribution in [-0.2, 0) is 0 Å². The van der Waals surface area contributed by atoms with E-state index in [2.05, 4.69) is 93.5 Å². The first-order chi connectivity index (χ1) is 15.8. The van der Waals surface area contributed by atoms with Crippen molar-refractivity contribution in [1.29, 1.82) is 0 Å². The SMILES string of the molecule is CCN(CC)c1ccc(-n2c(C)cc(C=Nn3c(C)nc4ccc(Br)cc4c3=O)c2C)cc1. The van der Waals surface area contributed by atoms with Gasteiger partial charge in [0.1, 0.15) is 5.82 Å². The molecule has 0 saturated carbocycles. The van der Waals surface area contributed by atoms with Gasteiger partial charge in [0.05, 0.1) is 17.1 Å². The summed E-state index contributed by atoms with van der Waals surface area (Å²) in [6, 6.07) is 16.2. The first-order valence-electron chi connectivity index (χ1n) is 11.1. The lowest BCUT2D eigenvalue weighted by atomic mass is 10.2. The van der Waals surface area contributed by atoms with E-state index in [9.17, 15) is 4.79 Å². The van der Waals surface area contributed by atoms with Crippen molar-refractivity contribution in [2.45, 2.75) is 34.6 Å². The third kappa shape index (κ3) is 4.37. The van der Waals surface area contributed by atoms with Crippen LogP contribution in [0.1, 0.15) is 36.6 Å². The molecule has 4 aromatic rings. The van der Waals surface area contributed by atoms with Crippen molar-refractivity contribution in [1.82, 2.24) is 14.2 Å². The Bertz CT molecular complexity index is 1400. The minimum Gasteiger partial charge on any atom is -0.372 e. The Hall–Kier alpha value is -3.19. The van der Waals surface area contributed by atoms with E-state index >= 15 is 0 Å². The van der Waals surface area contributed by atoms with Gasteiger partial charge in [-0.3, -0.25) is 4.79 Å². The van der Waals surface area contributed by atoms with Crippen molar-refractivity contribution >= 4 is 38.7 Å². The maximum Gasteiger partial charge on any atom is 0.282 e. The van der Waals surface area contributed by atoms with E-state index in [1.165, 1.54) is 10.4 Å². The molecule has 7 heteroatoms. The van der Waals surface area contributed by atoms with Crippen LogP contribution < -0.4 is 10.5 Å². The van der Waals surface area contributed by atoms with Gasteiger partial charge in [-0.05, 0) is 83.1 Å². The molecule has 0 saturated heterocycles. The highest BCUT2D eigenvalue weighted by Gasteiger charge is 2.12. The first kappa shape index (κ1) is 23.0. The molecule has 0 unspecified atom stereocenters. The van der Waals surface area contributed by atoms with Crippen molar-refractivity contribution in [3.8, 4) is 5.69 Å². The number of fused-ring (bicyclic) bond motifs is 1. The minimum absolute atomic E-state index is 0.184. The van der Waals surface area contributed by atoms with Crippen LogP contribution in [0.2, 0.25) is 0 Å². The molecule has 0 aliphatic heterocycles. The number of aromatic nitrogens is 3. The Labute approximate surface area is 202 Å². The molecule has 0 N–H and O–H groups in total. The highest BCUT2D eigenvalue weighted by Crippen LogP contribution is 2.23. The maximum atomic E-state index is 13.0. The summed E-state index contributed by atoms with van der Waals surface area (Å²) in [5.41, 5.74) is 5.93. The first-order valence-corrected chi connectivity index (χ1v) is 11.9. The fraction of sp³-hybridized carbons (Fsp3) is 0.269. The predicted octanol–water partition coefficient (Wildman–Crippen LogP) is 5.60. The third-order valence-corrected chi connectivity index (χ3v) is 6.48. The monoisotopic (exact) mass is 505 g/mol. The number of anilines is 1. The zero-order chi connectivity index (χ0) is 23.7. The van der Waals surface area contributed by atoms with Crippen LogP contribution in [0.25, 0.3) is 16.6 Å². The van der Waals surface area contributed by atoms with Crippen LogP contribution in [0.4, 0.5) is 5.69 Å². The number of halogens is 1. The molecule has 2 aromatic carbocycles. The number of hydrogen-bond acceptors (Lipinski definition) is 4. The zero-order valence-electron chi connectivity index (χ0n) is 19.6. The van der Waals surface area contributed by atoms with Crippen LogP contribution in [0.3, 0.4) is 0 Å². The molecule has 0 bridgehead atoms. The quantitative estimate of drug-likeness (QED) is 0.320. The lowest BCUT2D eigenvalue weighted by Crippen LogP contribution is -2.21. The number of hydrogen-bond donors (Lipinski definition) is 0. The van der Waals surface area contributed by atoms with Crippen molar-refractivity contribution in [2.24, 2.45) is 5.10 Å². The fourth-order valence-electron chi connectivity index (χ4n) is 4.23. The summed E-state index contributed by atoms with van der Waals surface area (Å²) in [5.74, 6) is 0.548. The second-order valence-corrected chi connectivity index (χ2v) is 8.95. The molecule has 0 amide bonds. The Morgan fingerprint density at radius 2 is 1.73 bits per heavy atom.